The van der Waals surface area contributed by atoms with Gasteiger partial charge in [-0.25, -0.2) is 0 Å². The fraction of sp³-hybridized carbons (Fsp3) is 0.125. The summed E-state index contributed by atoms with van der Waals surface area (Å²) in [6.07, 6.45) is -0.0864. The van der Waals surface area contributed by atoms with Gasteiger partial charge < -0.3 is 16.6 Å². The Labute approximate surface area is 69.8 Å². The second-order valence-electron chi connectivity index (χ2n) is 2.49. The molecular formula is C8H10N2O2. The van der Waals surface area contributed by atoms with Crippen LogP contribution < -0.4 is 11.5 Å². The standard InChI is InChI=1S/C8H10N2O2/c9-6-3-1-2-5(8(6)10)4-7(11)12/h1-3H,4,9-10H2,(H,11,12). The van der Waals surface area contributed by atoms with E-state index < -0.39 is 5.97 Å². The fourth-order valence-electron chi connectivity index (χ4n) is 0.950. The van der Waals surface area contributed by atoms with Gasteiger partial charge in [0.15, 0.2) is 0 Å². The van der Waals surface area contributed by atoms with Gasteiger partial charge in [0.1, 0.15) is 0 Å². The Hall–Kier alpha value is -1.71. The van der Waals surface area contributed by atoms with Crippen LogP contribution in [0, 0.1) is 0 Å². The largest absolute Gasteiger partial charge is 0.481 e. The van der Waals surface area contributed by atoms with Crippen LogP contribution in [0.25, 0.3) is 0 Å². The molecule has 1 rings (SSSR count). The number of carboxylic acids is 1. The summed E-state index contributed by atoms with van der Waals surface area (Å²) in [5.41, 5.74) is 12.4. The summed E-state index contributed by atoms with van der Waals surface area (Å²) in [7, 11) is 0. The van der Waals surface area contributed by atoms with Crippen molar-refractivity contribution in [3.63, 3.8) is 0 Å². The molecule has 0 aliphatic heterocycles. The Morgan fingerprint density at radius 3 is 2.67 bits per heavy atom. The van der Waals surface area contributed by atoms with E-state index in [1.807, 2.05) is 0 Å². The molecule has 64 valence electrons. The molecule has 0 bridgehead atoms. The van der Waals surface area contributed by atoms with Gasteiger partial charge in [-0.15, -0.1) is 0 Å². The molecule has 0 heterocycles. The van der Waals surface area contributed by atoms with Gasteiger partial charge in [0.25, 0.3) is 0 Å². The number of para-hydroxylation sites is 1. The Bertz CT molecular complexity index is 310. The molecule has 0 atom stereocenters. The average Bonchev–Trinajstić information content (AvgIpc) is 1.98. The molecule has 0 saturated heterocycles. The second kappa shape index (κ2) is 3.13. The summed E-state index contributed by atoms with van der Waals surface area (Å²) in [6, 6.07) is 4.98. The summed E-state index contributed by atoms with van der Waals surface area (Å²) < 4.78 is 0. The maximum atomic E-state index is 10.3. The van der Waals surface area contributed by atoms with Crippen molar-refractivity contribution in [2.24, 2.45) is 0 Å². The van der Waals surface area contributed by atoms with E-state index in [2.05, 4.69) is 0 Å². The van der Waals surface area contributed by atoms with Crippen molar-refractivity contribution in [1.82, 2.24) is 0 Å². The first-order valence-electron chi connectivity index (χ1n) is 3.46. The van der Waals surface area contributed by atoms with Crippen LogP contribution in [0.3, 0.4) is 0 Å². The maximum Gasteiger partial charge on any atom is 0.307 e. The number of nitrogens with two attached hydrogens (primary N) is 2. The number of carbonyl (C=O) groups is 1. The minimum absolute atomic E-state index is 0.0864. The molecule has 5 N–H and O–H groups in total. The molecule has 12 heavy (non-hydrogen) atoms. The molecular weight excluding hydrogens is 156 g/mol. The van der Waals surface area contributed by atoms with E-state index in [1.54, 1.807) is 18.2 Å². The summed E-state index contributed by atoms with van der Waals surface area (Å²) in [5, 5.41) is 8.49. The molecule has 0 fully saturated rings. The number of anilines is 2. The molecule has 4 heteroatoms. The summed E-state index contributed by atoms with van der Waals surface area (Å²) in [6.45, 7) is 0. The van der Waals surface area contributed by atoms with Gasteiger partial charge in [-0.1, -0.05) is 12.1 Å². The fourth-order valence-corrected chi connectivity index (χ4v) is 0.950. The second-order valence-corrected chi connectivity index (χ2v) is 2.49. The monoisotopic (exact) mass is 166 g/mol. The summed E-state index contributed by atoms with van der Waals surface area (Å²) in [5.74, 6) is -0.910. The highest BCUT2D eigenvalue weighted by Gasteiger charge is 2.05. The molecule has 0 aromatic heterocycles. The third-order valence-electron chi connectivity index (χ3n) is 1.57. The van der Waals surface area contributed by atoms with E-state index >= 15 is 0 Å². The molecule has 0 unspecified atom stereocenters. The Morgan fingerprint density at radius 1 is 1.42 bits per heavy atom. The third kappa shape index (κ3) is 1.66. The molecule has 0 amide bonds. The highest BCUT2D eigenvalue weighted by Crippen LogP contribution is 2.19. The quantitative estimate of drug-likeness (QED) is 0.557. The van der Waals surface area contributed by atoms with E-state index in [1.165, 1.54) is 0 Å². The van der Waals surface area contributed by atoms with Crippen molar-refractivity contribution in [3.05, 3.63) is 23.8 Å². The Morgan fingerprint density at radius 2 is 2.08 bits per heavy atom. The highest BCUT2D eigenvalue weighted by atomic mass is 16.4. The lowest BCUT2D eigenvalue weighted by molar-refractivity contribution is -0.136. The SMILES string of the molecule is Nc1cccc(CC(=O)O)c1N. The molecule has 1 aromatic rings. The maximum absolute atomic E-state index is 10.3. The highest BCUT2D eigenvalue weighted by molar-refractivity contribution is 5.76. The van der Waals surface area contributed by atoms with E-state index in [-0.39, 0.29) is 6.42 Å². The van der Waals surface area contributed by atoms with Crippen LogP contribution in [0.5, 0.6) is 0 Å². The van der Waals surface area contributed by atoms with Gasteiger partial charge in [0.05, 0.1) is 17.8 Å². The first-order chi connectivity index (χ1) is 5.61. The predicted octanol–water partition coefficient (Wildman–Crippen LogP) is 0.478. The van der Waals surface area contributed by atoms with Crippen molar-refractivity contribution < 1.29 is 9.90 Å². The van der Waals surface area contributed by atoms with Gasteiger partial charge in [0, 0.05) is 0 Å². The van der Waals surface area contributed by atoms with Gasteiger partial charge >= 0.3 is 5.97 Å². The first kappa shape index (κ1) is 8.39. The molecule has 0 aliphatic rings. The van der Waals surface area contributed by atoms with Gasteiger partial charge in [0.2, 0.25) is 0 Å². The van der Waals surface area contributed by atoms with Crippen LogP contribution in [0.4, 0.5) is 11.4 Å². The number of rotatable bonds is 2. The lowest BCUT2D eigenvalue weighted by atomic mass is 10.1. The first-order valence-corrected chi connectivity index (χ1v) is 3.46. The number of carboxylic acid groups (broad SMARTS) is 1. The smallest absolute Gasteiger partial charge is 0.307 e. The zero-order valence-electron chi connectivity index (χ0n) is 6.45. The number of aliphatic carboxylic acids is 1. The number of hydrogen-bond donors (Lipinski definition) is 3. The van der Waals surface area contributed by atoms with Crippen LogP contribution in [-0.2, 0) is 11.2 Å². The minimum atomic E-state index is -0.910. The van der Waals surface area contributed by atoms with Crippen LogP contribution in [0.15, 0.2) is 18.2 Å². The van der Waals surface area contributed by atoms with Crippen molar-refractivity contribution >= 4 is 17.3 Å². The number of benzene rings is 1. The molecule has 0 saturated carbocycles. The molecule has 4 nitrogen and oxygen atoms in total. The van der Waals surface area contributed by atoms with Crippen molar-refractivity contribution in [2.45, 2.75) is 6.42 Å². The predicted molar refractivity (Wildman–Crippen MR) is 46.6 cm³/mol. The Kier molecular flexibility index (Phi) is 2.19. The summed E-state index contributed by atoms with van der Waals surface area (Å²) in [4.78, 5) is 10.3. The van der Waals surface area contributed by atoms with Crippen LogP contribution in [0.2, 0.25) is 0 Å². The average molecular weight is 166 g/mol. The molecule has 0 radical (unpaired) electrons. The van der Waals surface area contributed by atoms with Crippen molar-refractivity contribution in [2.75, 3.05) is 11.5 Å². The van der Waals surface area contributed by atoms with Gasteiger partial charge in [-0.05, 0) is 11.6 Å². The lowest BCUT2D eigenvalue weighted by Crippen LogP contribution is -2.05. The minimum Gasteiger partial charge on any atom is -0.481 e. The van der Waals surface area contributed by atoms with Crippen LogP contribution in [-0.4, -0.2) is 11.1 Å². The van der Waals surface area contributed by atoms with Crippen LogP contribution >= 0.6 is 0 Å². The summed E-state index contributed by atoms with van der Waals surface area (Å²) >= 11 is 0. The van der Waals surface area contributed by atoms with Crippen molar-refractivity contribution in [1.29, 1.82) is 0 Å². The van der Waals surface area contributed by atoms with Crippen molar-refractivity contribution in [3.8, 4) is 0 Å². The molecule has 1 aromatic carbocycles. The van der Waals surface area contributed by atoms with E-state index in [0.717, 1.165) is 0 Å². The van der Waals surface area contributed by atoms with E-state index in [9.17, 15) is 4.79 Å². The van der Waals surface area contributed by atoms with Gasteiger partial charge in [-0.2, -0.15) is 0 Å². The normalized spacial score (nSPS) is 9.67. The zero-order valence-corrected chi connectivity index (χ0v) is 6.45. The van der Waals surface area contributed by atoms with E-state index in [4.69, 9.17) is 16.6 Å². The van der Waals surface area contributed by atoms with Gasteiger partial charge in [-0.3, -0.25) is 4.79 Å². The zero-order chi connectivity index (χ0) is 9.14. The topological polar surface area (TPSA) is 89.3 Å². The number of nitrogen functional groups attached to an aromatic ring is 2. The number of hydrogen-bond acceptors (Lipinski definition) is 3. The molecule has 0 spiro atoms. The molecule has 0 aliphatic carbocycles. The Balaban J connectivity index is 3.00. The third-order valence-corrected chi connectivity index (χ3v) is 1.57. The lowest BCUT2D eigenvalue weighted by Gasteiger charge is -2.04. The van der Waals surface area contributed by atoms with E-state index in [0.29, 0.717) is 16.9 Å². The van der Waals surface area contributed by atoms with Crippen LogP contribution in [0.1, 0.15) is 5.56 Å².